The third kappa shape index (κ3) is 5.85. The minimum Gasteiger partial charge on any atom is -0.0830 e. The molecule has 0 nitrogen and oxygen atoms in total. The van der Waals surface area contributed by atoms with E-state index in [-0.39, 0.29) is 5.92 Å². The van der Waals surface area contributed by atoms with Gasteiger partial charge in [-0.2, -0.15) is 0 Å². The van der Waals surface area contributed by atoms with Crippen molar-refractivity contribution in [3.05, 3.63) is 236 Å². The normalized spacial score (nSPS) is 14.0. The molecule has 0 radical (unpaired) electrons. The van der Waals surface area contributed by atoms with Gasteiger partial charge in [0, 0.05) is 5.92 Å². The molecular formula is C58H40. The highest BCUT2D eigenvalue weighted by Gasteiger charge is 2.22. The summed E-state index contributed by atoms with van der Waals surface area (Å²) in [5.74, 6) is 0.272. The summed E-state index contributed by atoms with van der Waals surface area (Å²) < 4.78 is 0. The van der Waals surface area contributed by atoms with Gasteiger partial charge in [0.1, 0.15) is 0 Å². The number of hydrogen-bond donors (Lipinski definition) is 0. The van der Waals surface area contributed by atoms with E-state index in [1.807, 2.05) is 0 Å². The quantitative estimate of drug-likeness (QED) is 0.149. The Hall–Kier alpha value is -7.28. The molecule has 272 valence electrons. The molecule has 0 N–H and O–H groups in total. The van der Waals surface area contributed by atoms with Crippen molar-refractivity contribution >= 4 is 48.7 Å². The van der Waals surface area contributed by atoms with E-state index in [0.29, 0.717) is 0 Å². The zero-order chi connectivity index (χ0) is 38.4. The van der Waals surface area contributed by atoms with Gasteiger partial charge in [0.15, 0.2) is 0 Å². The van der Waals surface area contributed by atoms with Crippen molar-refractivity contribution in [3.63, 3.8) is 0 Å². The maximum atomic E-state index is 2.53. The zero-order valence-electron chi connectivity index (χ0n) is 32.1. The standard InChI is InChI=1S/C58H40/c1-2-16-39(17-3-1)47-28-8-9-29-50(47)44-34-35-55-56(38-44)58(46-25-13-23-43(37-46)52-33-15-21-41-19-5-7-27-49(41)52)54-31-11-10-30-53(54)57(55)45-24-12-22-42(36-45)51-32-14-20-40-18-4-6-26-48(40)51/h1-21,23-38,42H,22H2. The van der Waals surface area contributed by atoms with Crippen LogP contribution in [0.15, 0.2) is 224 Å². The van der Waals surface area contributed by atoms with Gasteiger partial charge in [0.05, 0.1) is 0 Å². The molecule has 0 amide bonds. The maximum Gasteiger partial charge on any atom is 0.00679 e. The molecule has 0 saturated carbocycles. The number of benzene rings is 10. The molecule has 0 heteroatoms. The summed E-state index contributed by atoms with van der Waals surface area (Å²) in [6.45, 7) is 0. The fourth-order valence-electron chi connectivity index (χ4n) is 9.53. The maximum absolute atomic E-state index is 2.53. The molecule has 1 unspecified atom stereocenters. The van der Waals surface area contributed by atoms with Gasteiger partial charge in [-0.1, -0.05) is 212 Å². The summed E-state index contributed by atoms with van der Waals surface area (Å²) >= 11 is 0. The van der Waals surface area contributed by atoms with Crippen molar-refractivity contribution in [2.75, 3.05) is 0 Å². The Morgan fingerprint density at radius 3 is 1.67 bits per heavy atom. The van der Waals surface area contributed by atoms with Crippen LogP contribution in [0.25, 0.3) is 93.2 Å². The minimum atomic E-state index is 0.272. The van der Waals surface area contributed by atoms with Gasteiger partial charge in [-0.15, -0.1) is 0 Å². The second-order valence-corrected chi connectivity index (χ2v) is 15.5. The lowest BCUT2D eigenvalue weighted by Crippen LogP contribution is -2.02. The second kappa shape index (κ2) is 14.3. The molecule has 1 aliphatic carbocycles. The topological polar surface area (TPSA) is 0 Å². The first-order chi connectivity index (χ1) is 28.8. The number of hydrogen-bond acceptors (Lipinski definition) is 0. The van der Waals surface area contributed by atoms with Gasteiger partial charge in [0.2, 0.25) is 0 Å². The van der Waals surface area contributed by atoms with Gasteiger partial charge in [-0.05, 0) is 123 Å². The predicted molar refractivity (Wildman–Crippen MR) is 249 cm³/mol. The molecule has 0 fully saturated rings. The molecule has 0 spiro atoms. The number of fused-ring (bicyclic) bond motifs is 4. The Labute approximate surface area is 339 Å². The second-order valence-electron chi connectivity index (χ2n) is 15.5. The molecule has 0 bridgehead atoms. The Balaban J connectivity index is 1.18. The SMILES string of the molecule is C1=CC(c2c3ccccc3c(-c3cccc(-c4cccc5ccccc45)c3)c3cc(-c4ccccc4-c4ccccc4)ccc23)=CC(c2cccc3ccccc23)C1. The summed E-state index contributed by atoms with van der Waals surface area (Å²) in [5.41, 5.74) is 13.8. The van der Waals surface area contributed by atoms with Crippen LogP contribution in [0.4, 0.5) is 0 Å². The van der Waals surface area contributed by atoms with Crippen LogP contribution < -0.4 is 0 Å². The van der Waals surface area contributed by atoms with Crippen molar-refractivity contribution in [3.8, 4) is 44.5 Å². The van der Waals surface area contributed by atoms with Crippen LogP contribution in [0.5, 0.6) is 0 Å². The Kier molecular flexibility index (Phi) is 8.41. The molecule has 0 heterocycles. The average molecular weight is 737 g/mol. The van der Waals surface area contributed by atoms with Crippen LogP contribution in [0.2, 0.25) is 0 Å². The summed E-state index contributed by atoms with van der Waals surface area (Å²) in [4.78, 5) is 0. The number of allylic oxidation sites excluding steroid dienone is 4. The largest absolute Gasteiger partial charge is 0.0830 e. The van der Waals surface area contributed by atoms with E-state index in [4.69, 9.17) is 0 Å². The lowest BCUT2D eigenvalue weighted by molar-refractivity contribution is 0.866. The first kappa shape index (κ1) is 34.0. The van der Waals surface area contributed by atoms with E-state index >= 15 is 0 Å². The summed E-state index contributed by atoms with van der Waals surface area (Å²) in [6.07, 6.45) is 8.26. The van der Waals surface area contributed by atoms with E-state index in [9.17, 15) is 0 Å². The van der Waals surface area contributed by atoms with Gasteiger partial charge in [-0.25, -0.2) is 0 Å². The van der Waals surface area contributed by atoms with E-state index in [1.165, 1.54) is 104 Å². The van der Waals surface area contributed by atoms with Crippen molar-refractivity contribution in [1.29, 1.82) is 0 Å². The van der Waals surface area contributed by atoms with Crippen LogP contribution in [0, 0.1) is 0 Å². The predicted octanol–water partition coefficient (Wildman–Crippen LogP) is 16.1. The Morgan fingerprint density at radius 1 is 0.328 bits per heavy atom. The van der Waals surface area contributed by atoms with Gasteiger partial charge in [0.25, 0.3) is 0 Å². The average Bonchev–Trinajstić information content (AvgIpc) is 3.30. The van der Waals surface area contributed by atoms with E-state index < -0.39 is 0 Å². The Bertz CT molecular complexity index is 3240. The molecule has 10 aromatic rings. The summed E-state index contributed by atoms with van der Waals surface area (Å²) in [5, 5.41) is 10.2. The zero-order valence-corrected chi connectivity index (χ0v) is 32.1. The Morgan fingerprint density at radius 2 is 0.862 bits per heavy atom. The summed E-state index contributed by atoms with van der Waals surface area (Å²) in [7, 11) is 0. The van der Waals surface area contributed by atoms with Crippen molar-refractivity contribution < 1.29 is 0 Å². The van der Waals surface area contributed by atoms with E-state index in [0.717, 1.165) is 6.42 Å². The molecule has 0 aromatic heterocycles. The third-order valence-electron chi connectivity index (χ3n) is 12.2. The first-order valence-electron chi connectivity index (χ1n) is 20.4. The highest BCUT2D eigenvalue weighted by atomic mass is 14.3. The highest BCUT2D eigenvalue weighted by molar-refractivity contribution is 6.20. The molecule has 10 aromatic carbocycles. The van der Waals surface area contributed by atoms with Crippen LogP contribution in [0.3, 0.4) is 0 Å². The lowest BCUT2D eigenvalue weighted by atomic mass is 9.80. The first-order valence-corrected chi connectivity index (χ1v) is 20.4. The van der Waals surface area contributed by atoms with Crippen LogP contribution >= 0.6 is 0 Å². The van der Waals surface area contributed by atoms with Crippen LogP contribution in [0.1, 0.15) is 23.5 Å². The summed E-state index contributed by atoms with van der Waals surface area (Å²) in [6, 6.07) is 76.0. The number of rotatable bonds is 6. The minimum absolute atomic E-state index is 0.272. The fourth-order valence-corrected chi connectivity index (χ4v) is 9.53. The van der Waals surface area contributed by atoms with Crippen LogP contribution in [-0.2, 0) is 0 Å². The highest BCUT2D eigenvalue weighted by Crippen LogP contribution is 2.47. The molecular weight excluding hydrogens is 697 g/mol. The van der Waals surface area contributed by atoms with Crippen molar-refractivity contribution in [2.24, 2.45) is 0 Å². The van der Waals surface area contributed by atoms with E-state index in [1.54, 1.807) is 0 Å². The van der Waals surface area contributed by atoms with Gasteiger partial charge >= 0.3 is 0 Å². The van der Waals surface area contributed by atoms with Gasteiger partial charge < -0.3 is 0 Å². The molecule has 0 saturated heterocycles. The monoisotopic (exact) mass is 736 g/mol. The molecule has 11 rings (SSSR count). The smallest absolute Gasteiger partial charge is 0.00679 e. The lowest BCUT2D eigenvalue weighted by Gasteiger charge is -2.23. The van der Waals surface area contributed by atoms with Gasteiger partial charge in [-0.3, -0.25) is 0 Å². The van der Waals surface area contributed by atoms with E-state index in [2.05, 4.69) is 224 Å². The van der Waals surface area contributed by atoms with Crippen LogP contribution in [-0.4, -0.2) is 0 Å². The van der Waals surface area contributed by atoms with Crippen molar-refractivity contribution in [1.82, 2.24) is 0 Å². The molecule has 1 atom stereocenters. The molecule has 58 heavy (non-hydrogen) atoms. The third-order valence-corrected chi connectivity index (χ3v) is 12.2. The molecule has 0 aliphatic heterocycles. The fraction of sp³-hybridized carbons (Fsp3) is 0.0345. The van der Waals surface area contributed by atoms with Crippen molar-refractivity contribution in [2.45, 2.75) is 12.3 Å². The molecule has 1 aliphatic rings.